The fourth-order valence-electron chi connectivity index (χ4n) is 0.850. The van der Waals surface area contributed by atoms with Gasteiger partial charge in [0.05, 0.1) is 6.61 Å². The molecule has 0 saturated heterocycles. The minimum Gasteiger partial charge on any atom is -0.480 e. The van der Waals surface area contributed by atoms with Crippen LogP contribution in [0.25, 0.3) is 0 Å². The van der Waals surface area contributed by atoms with E-state index in [-0.39, 0.29) is 19.1 Å². The van der Waals surface area contributed by atoms with Crippen molar-refractivity contribution in [1.29, 1.82) is 0 Å². The molecule has 0 heterocycles. The van der Waals surface area contributed by atoms with Gasteiger partial charge in [0.25, 0.3) is 0 Å². The molecule has 0 fully saturated rings. The van der Waals surface area contributed by atoms with Crippen molar-refractivity contribution in [2.45, 2.75) is 13.8 Å². The number of amides is 1. The summed E-state index contributed by atoms with van der Waals surface area (Å²) >= 11 is 0. The lowest BCUT2D eigenvalue weighted by atomic mass is 10.6. The molecule has 17 heavy (non-hydrogen) atoms. The summed E-state index contributed by atoms with van der Waals surface area (Å²) in [5.41, 5.74) is 0. The highest BCUT2D eigenvalue weighted by Crippen LogP contribution is 1.89. The third-order valence-corrected chi connectivity index (χ3v) is 1.50. The van der Waals surface area contributed by atoms with E-state index in [0.29, 0.717) is 6.61 Å². The van der Waals surface area contributed by atoms with E-state index in [1.165, 1.54) is 11.9 Å². The van der Waals surface area contributed by atoms with E-state index >= 15 is 0 Å². The summed E-state index contributed by atoms with van der Waals surface area (Å²) in [6.07, 6.45) is -0.719. The average Bonchev–Trinajstić information content (AvgIpc) is 2.23. The number of carboxylic acids is 1. The summed E-state index contributed by atoms with van der Waals surface area (Å²) in [5, 5.41) is 14.5. The lowest BCUT2D eigenvalue weighted by molar-refractivity contribution is -0.137. The predicted octanol–water partition coefficient (Wildman–Crippen LogP) is 0.0564. The van der Waals surface area contributed by atoms with Gasteiger partial charge in [-0.3, -0.25) is 10.1 Å². The zero-order chi connectivity index (χ0) is 13.3. The van der Waals surface area contributed by atoms with Crippen molar-refractivity contribution in [1.82, 2.24) is 10.2 Å². The molecule has 0 spiro atoms. The number of likely N-dealkylation sites (N-methyl/N-ethyl adjacent to an activating group) is 1. The van der Waals surface area contributed by atoms with Crippen LogP contribution in [0.3, 0.4) is 0 Å². The Hall–Kier alpha value is -1.99. The molecule has 2 N–H and O–H groups in total. The van der Waals surface area contributed by atoms with Gasteiger partial charge in [-0.15, -0.1) is 0 Å². The van der Waals surface area contributed by atoms with Crippen LogP contribution in [-0.4, -0.2) is 54.8 Å². The van der Waals surface area contributed by atoms with Gasteiger partial charge in [-0.1, -0.05) is 0 Å². The second-order valence-corrected chi connectivity index (χ2v) is 2.93. The number of nitrogens with zero attached hydrogens (tertiary/aromatic N) is 2. The van der Waals surface area contributed by atoms with Crippen LogP contribution in [0.15, 0.2) is 5.16 Å². The quantitative estimate of drug-likeness (QED) is 0.404. The van der Waals surface area contributed by atoms with Crippen LogP contribution in [-0.2, 0) is 14.4 Å². The Morgan fingerprint density at radius 1 is 1.35 bits per heavy atom. The number of hydrogen-bond donors (Lipinski definition) is 2. The third-order valence-electron chi connectivity index (χ3n) is 1.50. The molecule has 0 aliphatic carbocycles. The molecule has 1 amide bonds. The van der Waals surface area contributed by atoms with Gasteiger partial charge in [0.1, 0.15) is 13.2 Å². The van der Waals surface area contributed by atoms with E-state index in [9.17, 15) is 9.59 Å². The van der Waals surface area contributed by atoms with Crippen LogP contribution in [0.1, 0.15) is 13.8 Å². The summed E-state index contributed by atoms with van der Waals surface area (Å²) in [6.45, 7) is 3.55. The summed E-state index contributed by atoms with van der Waals surface area (Å²) in [5.74, 6) is -1.07. The number of ether oxygens (including phenoxy) is 1. The maximum Gasteiger partial charge on any atom is 0.414 e. The Balaban J connectivity index is 4.52. The molecule has 0 unspecified atom stereocenters. The Morgan fingerprint density at radius 2 is 2.00 bits per heavy atom. The molecule has 0 aromatic rings. The molecule has 0 bridgehead atoms. The first kappa shape index (κ1) is 15.0. The number of carbonyl (C=O) groups excluding carboxylic acids is 1. The zero-order valence-corrected chi connectivity index (χ0v) is 10.1. The Morgan fingerprint density at radius 3 is 2.47 bits per heavy atom. The molecule has 0 aromatic carbocycles. The lowest BCUT2D eigenvalue weighted by Crippen LogP contribution is -2.44. The number of alkyl carbamates (subject to hydrolysis) is 1. The van der Waals surface area contributed by atoms with Crippen molar-refractivity contribution in [3.8, 4) is 0 Å². The molecule has 8 nitrogen and oxygen atoms in total. The second kappa shape index (κ2) is 8.20. The number of carbonyl (C=O) groups is 2. The third kappa shape index (κ3) is 6.98. The van der Waals surface area contributed by atoms with Crippen molar-refractivity contribution in [3.63, 3.8) is 0 Å². The number of aliphatic carboxylic acids is 1. The van der Waals surface area contributed by atoms with Gasteiger partial charge in [0.15, 0.2) is 0 Å². The maximum absolute atomic E-state index is 11.2. The monoisotopic (exact) mass is 247 g/mol. The highest BCUT2D eigenvalue weighted by molar-refractivity contribution is 5.94. The van der Waals surface area contributed by atoms with Gasteiger partial charge in [-0.25, -0.2) is 4.79 Å². The molecule has 0 saturated carbocycles. The molecule has 8 heteroatoms. The van der Waals surface area contributed by atoms with Gasteiger partial charge in [0.2, 0.25) is 5.96 Å². The predicted molar refractivity (Wildman–Crippen MR) is 59.5 cm³/mol. The van der Waals surface area contributed by atoms with Crippen LogP contribution >= 0.6 is 0 Å². The van der Waals surface area contributed by atoms with E-state index in [1.54, 1.807) is 13.8 Å². The van der Waals surface area contributed by atoms with Gasteiger partial charge in [-0.05, 0) is 19.0 Å². The summed E-state index contributed by atoms with van der Waals surface area (Å²) in [7, 11) is 1.46. The zero-order valence-electron chi connectivity index (χ0n) is 10.1. The Labute approximate surface area is 99.2 Å². The normalized spacial score (nSPS) is 10.6. The molecule has 0 rings (SSSR count). The minimum absolute atomic E-state index is 0.0206. The van der Waals surface area contributed by atoms with Crippen LogP contribution < -0.4 is 5.32 Å². The summed E-state index contributed by atoms with van der Waals surface area (Å²) in [4.78, 5) is 27.7. The fourth-order valence-corrected chi connectivity index (χ4v) is 0.850. The molecule has 0 aliphatic heterocycles. The first-order chi connectivity index (χ1) is 8.01. The smallest absolute Gasteiger partial charge is 0.414 e. The number of hydrogen-bond acceptors (Lipinski definition) is 5. The van der Waals surface area contributed by atoms with E-state index < -0.39 is 12.1 Å². The molecule has 0 aliphatic rings. The molecular weight excluding hydrogens is 230 g/mol. The molecular formula is C9H17N3O5. The first-order valence-electron chi connectivity index (χ1n) is 5.07. The van der Waals surface area contributed by atoms with Crippen molar-refractivity contribution < 1.29 is 24.3 Å². The van der Waals surface area contributed by atoms with Crippen molar-refractivity contribution in [2.75, 3.05) is 26.8 Å². The van der Waals surface area contributed by atoms with E-state index in [0.717, 1.165) is 0 Å². The van der Waals surface area contributed by atoms with Gasteiger partial charge in [0, 0.05) is 7.05 Å². The number of carboxylic acid groups (broad SMARTS) is 1. The van der Waals surface area contributed by atoms with Crippen molar-refractivity contribution in [2.24, 2.45) is 5.16 Å². The molecule has 98 valence electrons. The first-order valence-corrected chi connectivity index (χ1v) is 5.07. The van der Waals surface area contributed by atoms with Crippen LogP contribution in [0, 0.1) is 0 Å². The SMILES string of the molecule is CCO/N=C(\NC(=O)OCC)N(C)CC(=O)O. The standard InChI is InChI=1S/C9H17N3O5/c1-4-16-9(15)10-8(11-17-5-2)12(3)6-7(13)14/h4-6H2,1-3H3,(H,13,14)(H,10,11,15). The van der Waals surface area contributed by atoms with Crippen LogP contribution in [0.5, 0.6) is 0 Å². The second-order valence-electron chi connectivity index (χ2n) is 2.93. The highest BCUT2D eigenvalue weighted by atomic mass is 16.6. The molecule has 0 atom stereocenters. The molecule has 0 radical (unpaired) electrons. The topological polar surface area (TPSA) is 100 Å². The number of guanidine groups is 1. The number of oxime groups is 1. The van der Waals surface area contributed by atoms with Gasteiger partial charge in [-0.2, -0.15) is 0 Å². The Kier molecular flexibility index (Phi) is 7.24. The minimum atomic E-state index is -1.05. The Bertz CT molecular complexity index is 292. The fraction of sp³-hybridized carbons (Fsp3) is 0.667. The largest absolute Gasteiger partial charge is 0.480 e. The van der Waals surface area contributed by atoms with Crippen LogP contribution in [0.4, 0.5) is 4.79 Å². The summed E-state index contributed by atoms with van der Waals surface area (Å²) < 4.78 is 4.65. The van der Waals surface area contributed by atoms with Crippen molar-refractivity contribution >= 4 is 18.0 Å². The number of nitrogens with one attached hydrogen (secondary N) is 1. The highest BCUT2D eigenvalue weighted by Gasteiger charge is 2.14. The van der Waals surface area contributed by atoms with Crippen molar-refractivity contribution in [3.05, 3.63) is 0 Å². The maximum atomic E-state index is 11.2. The van der Waals surface area contributed by atoms with E-state index in [2.05, 4.69) is 15.2 Å². The van der Waals surface area contributed by atoms with Crippen LogP contribution in [0.2, 0.25) is 0 Å². The molecule has 0 aromatic heterocycles. The number of rotatable bonds is 5. The average molecular weight is 247 g/mol. The summed E-state index contributed by atoms with van der Waals surface area (Å²) in [6, 6.07) is 0. The van der Waals surface area contributed by atoms with Gasteiger partial charge < -0.3 is 19.6 Å². The van der Waals surface area contributed by atoms with E-state index in [4.69, 9.17) is 9.94 Å². The van der Waals surface area contributed by atoms with Gasteiger partial charge >= 0.3 is 12.1 Å². The lowest BCUT2D eigenvalue weighted by Gasteiger charge is -2.18. The van der Waals surface area contributed by atoms with E-state index in [1.807, 2.05) is 0 Å².